The number of carboxylic acid groups (broad SMARTS) is 1. The van der Waals surface area contributed by atoms with Crippen molar-refractivity contribution in [1.82, 2.24) is 4.90 Å². The molecule has 0 atom stereocenters. The largest absolute Gasteiger partial charge is 0.466 e. The van der Waals surface area contributed by atoms with Crippen molar-refractivity contribution in [2.24, 2.45) is 0 Å². The fourth-order valence-corrected chi connectivity index (χ4v) is 2.60. The van der Waals surface area contributed by atoms with E-state index in [1.165, 1.54) is 16.0 Å². The second-order valence-corrected chi connectivity index (χ2v) is 5.18. The molecule has 0 bridgehead atoms. The number of esters is 1. The van der Waals surface area contributed by atoms with Gasteiger partial charge in [0, 0.05) is 19.5 Å². The zero-order valence-corrected chi connectivity index (χ0v) is 12.3. The molecule has 21 heavy (non-hydrogen) atoms. The lowest BCUT2D eigenvalue weighted by Gasteiger charge is -2.15. The molecule has 0 unspecified atom stereocenters. The average molecular weight is 291 g/mol. The zero-order chi connectivity index (χ0) is 15.2. The molecule has 114 valence electrons. The van der Waals surface area contributed by atoms with Gasteiger partial charge in [-0.2, -0.15) is 0 Å². The molecule has 1 aliphatic rings. The smallest absolute Gasteiger partial charge is 0.407 e. The van der Waals surface area contributed by atoms with E-state index in [9.17, 15) is 9.59 Å². The average Bonchev–Trinajstić information content (AvgIpc) is 2.67. The van der Waals surface area contributed by atoms with E-state index in [0.29, 0.717) is 32.5 Å². The summed E-state index contributed by atoms with van der Waals surface area (Å²) in [6, 6.07) is 6.18. The molecule has 0 radical (unpaired) electrons. The number of fused-ring (bicyclic) bond motifs is 1. The minimum Gasteiger partial charge on any atom is -0.466 e. The fraction of sp³-hybridized carbons (Fsp3) is 0.500. The van der Waals surface area contributed by atoms with Crippen LogP contribution in [0.3, 0.4) is 0 Å². The molecule has 5 heteroatoms. The van der Waals surface area contributed by atoms with Crippen molar-refractivity contribution in [2.75, 3.05) is 19.7 Å². The summed E-state index contributed by atoms with van der Waals surface area (Å²) in [4.78, 5) is 23.9. The second kappa shape index (κ2) is 7.11. The Balaban J connectivity index is 2.00. The number of benzene rings is 1. The summed E-state index contributed by atoms with van der Waals surface area (Å²) >= 11 is 0. The number of hydrogen-bond donors (Lipinski definition) is 1. The molecule has 0 fully saturated rings. The van der Waals surface area contributed by atoms with Crippen LogP contribution in [-0.4, -0.2) is 41.8 Å². The molecule has 0 aromatic heterocycles. The molecule has 1 aliphatic heterocycles. The van der Waals surface area contributed by atoms with Gasteiger partial charge in [0.15, 0.2) is 0 Å². The van der Waals surface area contributed by atoms with E-state index in [0.717, 1.165) is 18.4 Å². The third kappa shape index (κ3) is 4.21. The molecule has 0 saturated carbocycles. The molecule has 1 amide bonds. The van der Waals surface area contributed by atoms with Gasteiger partial charge in [-0.15, -0.1) is 0 Å². The molecule has 1 heterocycles. The summed E-state index contributed by atoms with van der Waals surface area (Å²) in [7, 11) is 0. The van der Waals surface area contributed by atoms with Crippen molar-refractivity contribution in [3.63, 3.8) is 0 Å². The third-order valence-corrected chi connectivity index (χ3v) is 3.77. The molecule has 1 N–H and O–H groups in total. The highest BCUT2D eigenvalue weighted by Gasteiger charge is 2.17. The van der Waals surface area contributed by atoms with Crippen LogP contribution in [0.5, 0.6) is 0 Å². The highest BCUT2D eigenvalue weighted by Crippen LogP contribution is 2.19. The van der Waals surface area contributed by atoms with E-state index in [-0.39, 0.29) is 5.97 Å². The van der Waals surface area contributed by atoms with Gasteiger partial charge in [0.05, 0.1) is 6.61 Å². The van der Waals surface area contributed by atoms with Gasteiger partial charge in [0.1, 0.15) is 0 Å². The molecule has 1 aromatic carbocycles. The van der Waals surface area contributed by atoms with Crippen LogP contribution in [0.1, 0.15) is 30.0 Å². The number of carbonyl (C=O) groups is 2. The Morgan fingerprint density at radius 2 is 1.95 bits per heavy atom. The molecule has 0 saturated heterocycles. The van der Waals surface area contributed by atoms with Crippen LogP contribution in [-0.2, 0) is 28.8 Å². The van der Waals surface area contributed by atoms with Crippen LogP contribution < -0.4 is 0 Å². The normalized spacial score (nSPS) is 14.2. The summed E-state index contributed by atoms with van der Waals surface area (Å²) in [5.41, 5.74) is 3.50. The first kappa shape index (κ1) is 15.4. The Morgan fingerprint density at radius 3 is 2.62 bits per heavy atom. The Hall–Kier alpha value is -2.04. The number of ether oxygens (including phenoxy) is 1. The van der Waals surface area contributed by atoms with E-state index in [4.69, 9.17) is 9.84 Å². The Labute approximate surface area is 124 Å². The van der Waals surface area contributed by atoms with Crippen LogP contribution in [0, 0.1) is 0 Å². The highest BCUT2D eigenvalue weighted by atomic mass is 16.5. The van der Waals surface area contributed by atoms with E-state index in [1.807, 2.05) is 6.07 Å². The predicted octanol–water partition coefficient (Wildman–Crippen LogP) is 2.26. The molecule has 0 aliphatic carbocycles. The molecular formula is C16H21NO4. The SMILES string of the molecule is CCOC(=O)CCc1ccc2c(c1)CCN(C(=O)O)CC2. The third-order valence-electron chi connectivity index (χ3n) is 3.77. The van der Waals surface area contributed by atoms with Gasteiger partial charge in [0.25, 0.3) is 0 Å². The molecule has 0 spiro atoms. The van der Waals surface area contributed by atoms with Crippen molar-refractivity contribution in [1.29, 1.82) is 0 Å². The van der Waals surface area contributed by atoms with E-state index in [2.05, 4.69) is 12.1 Å². The molecule has 2 rings (SSSR count). The van der Waals surface area contributed by atoms with Gasteiger partial charge >= 0.3 is 12.1 Å². The predicted molar refractivity (Wildman–Crippen MR) is 78.4 cm³/mol. The van der Waals surface area contributed by atoms with Crippen LogP contribution in [0.15, 0.2) is 18.2 Å². The number of carbonyl (C=O) groups excluding carboxylic acids is 1. The molecular weight excluding hydrogens is 270 g/mol. The van der Waals surface area contributed by atoms with E-state index in [1.54, 1.807) is 6.92 Å². The van der Waals surface area contributed by atoms with Gasteiger partial charge in [-0.3, -0.25) is 4.79 Å². The zero-order valence-electron chi connectivity index (χ0n) is 12.3. The summed E-state index contributed by atoms with van der Waals surface area (Å²) in [5.74, 6) is -0.176. The Bertz CT molecular complexity index is 527. The van der Waals surface area contributed by atoms with Gasteiger partial charge in [0.2, 0.25) is 0 Å². The Morgan fingerprint density at radius 1 is 1.24 bits per heavy atom. The quantitative estimate of drug-likeness (QED) is 0.864. The number of rotatable bonds is 4. The van der Waals surface area contributed by atoms with Crippen LogP contribution in [0.2, 0.25) is 0 Å². The second-order valence-electron chi connectivity index (χ2n) is 5.18. The minimum atomic E-state index is -0.856. The standard InChI is InChI=1S/C16H21NO4/c1-2-21-15(18)6-4-12-3-5-13-7-9-17(16(19)20)10-8-14(13)11-12/h3,5,11H,2,4,6-10H2,1H3,(H,19,20). The summed E-state index contributed by atoms with van der Waals surface area (Å²) in [6.07, 6.45) is 1.67. The lowest BCUT2D eigenvalue weighted by Crippen LogP contribution is -2.31. The number of hydrogen-bond acceptors (Lipinski definition) is 3. The van der Waals surface area contributed by atoms with Crippen LogP contribution in [0.4, 0.5) is 4.79 Å². The lowest BCUT2D eigenvalue weighted by atomic mass is 9.98. The van der Waals surface area contributed by atoms with Crippen molar-refractivity contribution in [3.05, 3.63) is 34.9 Å². The molecule has 5 nitrogen and oxygen atoms in total. The van der Waals surface area contributed by atoms with Crippen molar-refractivity contribution >= 4 is 12.1 Å². The summed E-state index contributed by atoms with van der Waals surface area (Å²) < 4.78 is 4.93. The van der Waals surface area contributed by atoms with Gasteiger partial charge < -0.3 is 14.7 Å². The van der Waals surface area contributed by atoms with Crippen molar-refractivity contribution in [3.8, 4) is 0 Å². The van der Waals surface area contributed by atoms with Gasteiger partial charge in [-0.05, 0) is 42.9 Å². The number of aryl methyl sites for hydroxylation is 1. The van der Waals surface area contributed by atoms with E-state index < -0.39 is 6.09 Å². The van der Waals surface area contributed by atoms with Gasteiger partial charge in [-0.1, -0.05) is 18.2 Å². The topological polar surface area (TPSA) is 66.8 Å². The van der Waals surface area contributed by atoms with Crippen LogP contribution in [0.25, 0.3) is 0 Å². The number of nitrogens with zero attached hydrogens (tertiary/aromatic N) is 1. The minimum absolute atomic E-state index is 0.176. The first-order valence-electron chi connectivity index (χ1n) is 7.34. The van der Waals surface area contributed by atoms with Crippen molar-refractivity contribution in [2.45, 2.75) is 32.6 Å². The van der Waals surface area contributed by atoms with Crippen LogP contribution >= 0.6 is 0 Å². The fourth-order valence-electron chi connectivity index (χ4n) is 2.60. The maximum atomic E-state index is 11.4. The monoisotopic (exact) mass is 291 g/mol. The summed E-state index contributed by atoms with van der Waals surface area (Å²) in [6.45, 7) is 3.29. The summed E-state index contributed by atoms with van der Waals surface area (Å²) in [5, 5.41) is 9.07. The first-order valence-corrected chi connectivity index (χ1v) is 7.34. The van der Waals surface area contributed by atoms with Crippen molar-refractivity contribution < 1.29 is 19.4 Å². The number of amides is 1. The highest BCUT2D eigenvalue weighted by molar-refractivity contribution is 5.69. The Kier molecular flexibility index (Phi) is 5.20. The lowest BCUT2D eigenvalue weighted by molar-refractivity contribution is -0.143. The molecule has 1 aromatic rings. The maximum absolute atomic E-state index is 11.4. The van der Waals surface area contributed by atoms with Gasteiger partial charge in [-0.25, -0.2) is 4.79 Å². The van der Waals surface area contributed by atoms with E-state index >= 15 is 0 Å². The maximum Gasteiger partial charge on any atom is 0.407 e. The first-order chi connectivity index (χ1) is 10.1.